The number of anilines is 1. The normalized spacial score (nSPS) is 16.4. The highest BCUT2D eigenvalue weighted by molar-refractivity contribution is 7.98. The van der Waals surface area contributed by atoms with Crippen molar-refractivity contribution in [2.75, 3.05) is 38.0 Å². The van der Waals surface area contributed by atoms with Crippen molar-refractivity contribution in [3.05, 3.63) is 58.7 Å². The fourth-order valence-corrected chi connectivity index (χ4v) is 4.83. The number of piperidine rings is 1. The van der Waals surface area contributed by atoms with Gasteiger partial charge < -0.3 is 20.1 Å². The molecule has 0 saturated carbocycles. The van der Waals surface area contributed by atoms with Gasteiger partial charge in [0.2, 0.25) is 6.41 Å². The van der Waals surface area contributed by atoms with Crippen LogP contribution >= 0.6 is 12.1 Å². The maximum absolute atomic E-state index is 14.8. The van der Waals surface area contributed by atoms with Crippen LogP contribution in [0.25, 0.3) is 0 Å². The van der Waals surface area contributed by atoms with Gasteiger partial charge in [-0.05, 0) is 88.6 Å². The van der Waals surface area contributed by atoms with Crippen LogP contribution in [0.4, 0.5) is 20.2 Å². The van der Waals surface area contributed by atoms with Crippen LogP contribution in [-0.2, 0) is 9.53 Å². The maximum atomic E-state index is 14.8. The lowest BCUT2D eigenvalue weighted by Gasteiger charge is -2.32. The Morgan fingerprint density at radius 3 is 2.63 bits per heavy atom. The number of aliphatic imine (C=N–C) groups is 1. The van der Waals surface area contributed by atoms with E-state index in [4.69, 9.17) is 4.74 Å². The summed E-state index contributed by atoms with van der Waals surface area (Å²) in [7, 11) is 1.81. The number of rotatable bonds is 9. The highest BCUT2D eigenvalue weighted by atomic mass is 32.2. The Labute approximate surface area is 226 Å². The van der Waals surface area contributed by atoms with Gasteiger partial charge in [-0.15, -0.1) is 0 Å². The molecule has 2 fully saturated rings. The Kier molecular flexibility index (Phi) is 11.2. The molecule has 2 heterocycles. The molecule has 2 aliphatic heterocycles. The second-order valence-electron chi connectivity index (χ2n) is 9.18. The lowest BCUT2D eigenvalue weighted by molar-refractivity contribution is -0.108. The quantitative estimate of drug-likeness (QED) is 0.137. The van der Waals surface area contributed by atoms with Gasteiger partial charge in [0, 0.05) is 30.8 Å². The van der Waals surface area contributed by atoms with Gasteiger partial charge in [-0.3, -0.25) is 9.59 Å². The number of nitrogens with one attached hydrogen (secondary N) is 3. The molecule has 0 radical (unpaired) electrons. The fourth-order valence-electron chi connectivity index (χ4n) is 4.29. The predicted molar refractivity (Wildman–Crippen MR) is 148 cm³/mol. The number of carbonyl (C=O) groups excluding carboxylic acids is 2. The number of halogens is 2. The molecule has 0 aromatic heterocycles. The monoisotopic (exact) mass is 547 g/mol. The molecule has 2 saturated heterocycles. The van der Waals surface area contributed by atoms with Gasteiger partial charge in [0.1, 0.15) is 5.82 Å². The summed E-state index contributed by atoms with van der Waals surface area (Å²) in [6.45, 7) is 7.64. The Morgan fingerprint density at radius 1 is 1.24 bits per heavy atom. The van der Waals surface area contributed by atoms with Gasteiger partial charge >= 0.3 is 0 Å². The number of amides is 1. The van der Waals surface area contributed by atoms with E-state index in [0.29, 0.717) is 29.8 Å². The van der Waals surface area contributed by atoms with Crippen molar-refractivity contribution in [1.82, 2.24) is 14.9 Å². The lowest BCUT2D eigenvalue weighted by atomic mass is 9.90. The van der Waals surface area contributed by atoms with Crippen LogP contribution in [0, 0.1) is 18.6 Å². The van der Waals surface area contributed by atoms with Crippen LogP contribution in [0.15, 0.2) is 35.3 Å². The Balaban J connectivity index is 0.000000329. The molecule has 2 aliphatic rings. The lowest BCUT2D eigenvalue weighted by Crippen LogP contribution is -2.41. The van der Waals surface area contributed by atoms with Crippen molar-refractivity contribution < 1.29 is 23.1 Å². The van der Waals surface area contributed by atoms with Crippen molar-refractivity contribution in [1.29, 1.82) is 0 Å². The zero-order chi connectivity index (χ0) is 27.5. The van der Waals surface area contributed by atoms with Crippen molar-refractivity contribution in [3.63, 3.8) is 0 Å². The molecule has 8 nitrogen and oxygen atoms in total. The number of hydrogen-bond acceptors (Lipinski definition) is 8. The van der Waals surface area contributed by atoms with E-state index in [-0.39, 0.29) is 11.3 Å². The molecule has 3 N–H and O–H groups in total. The first-order valence-corrected chi connectivity index (χ1v) is 13.4. The molecule has 0 bridgehead atoms. The third-order valence-electron chi connectivity index (χ3n) is 6.58. The zero-order valence-corrected chi connectivity index (χ0v) is 22.8. The molecule has 1 spiro atoms. The molecule has 38 heavy (non-hydrogen) atoms. The van der Waals surface area contributed by atoms with Crippen LogP contribution in [0.3, 0.4) is 0 Å². The standard InChI is InChI=1S/C19H20F2N4O2S.C8H15NO/c1-4-25(3)28-24-16-8-6-14(20)17(18(16)21)19(27)13-5-7-15(12(2)9-13)23-10-22-11-26;1-2-8(10-7-1)3-5-9-6-4-8/h5-11,24H,4H2,1-3H3,(H,22,23,26);9H,1-7H2. The number of hydrogen-bond donors (Lipinski definition) is 3. The van der Waals surface area contributed by atoms with Gasteiger partial charge in [-0.2, -0.15) is 0 Å². The van der Waals surface area contributed by atoms with E-state index in [9.17, 15) is 18.4 Å². The number of benzene rings is 2. The van der Waals surface area contributed by atoms with Crippen molar-refractivity contribution >= 4 is 42.0 Å². The summed E-state index contributed by atoms with van der Waals surface area (Å²) >= 11 is 1.14. The minimum absolute atomic E-state index is 0.0212. The first-order valence-electron chi connectivity index (χ1n) is 12.6. The average Bonchev–Trinajstić information content (AvgIpc) is 3.37. The van der Waals surface area contributed by atoms with E-state index in [0.717, 1.165) is 37.9 Å². The number of carbonyl (C=O) groups is 2. The van der Waals surface area contributed by atoms with Gasteiger partial charge in [0.25, 0.3) is 0 Å². The molecule has 0 aliphatic carbocycles. The molecular formula is C27H35F2N5O3S. The molecule has 0 atom stereocenters. The maximum Gasteiger partial charge on any atom is 0.212 e. The van der Waals surface area contributed by atoms with Crippen LogP contribution in [0.5, 0.6) is 0 Å². The summed E-state index contributed by atoms with van der Waals surface area (Å²) in [5.74, 6) is -2.65. The summed E-state index contributed by atoms with van der Waals surface area (Å²) < 4.78 is 39.4. The zero-order valence-electron chi connectivity index (χ0n) is 22.0. The molecule has 11 heteroatoms. The molecule has 0 unspecified atom stereocenters. The summed E-state index contributed by atoms with van der Waals surface area (Å²) in [6, 6.07) is 6.77. The minimum Gasteiger partial charge on any atom is -0.375 e. The van der Waals surface area contributed by atoms with Gasteiger partial charge in [0.05, 0.1) is 28.9 Å². The average molecular weight is 548 g/mol. The first-order chi connectivity index (χ1) is 18.3. The molecule has 206 valence electrons. The Bertz CT molecular complexity index is 1130. The molecule has 1 amide bonds. The minimum atomic E-state index is -0.947. The second-order valence-corrected chi connectivity index (χ2v) is 10.2. The molecular weight excluding hydrogens is 512 g/mol. The van der Waals surface area contributed by atoms with Crippen LogP contribution < -0.4 is 15.4 Å². The third kappa shape index (κ3) is 7.83. The summed E-state index contributed by atoms with van der Waals surface area (Å²) in [5.41, 5.74) is 0.973. The topological polar surface area (TPSA) is 95.1 Å². The summed E-state index contributed by atoms with van der Waals surface area (Å²) in [6.07, 6.45) is 6.71. The fraction of sp³-hybridized carbons (Fsp3) is 0.444. The van der Waals surface area contributed by atoms with Crippen molar-refractivity contribution in [3.8, 4) is 0 Å². The van der Waals surface area contributed by atoms with Crippen molar-refractivity contribution in [2.45, 2.75) is 45.1 Å². The van der Waals surface area contributed by atoms with Crippen LogP contribution in [0.2, 0.25) is 0 Å². The first kappa shape index (κ1) is 29.7. The van der Waals surface area contributed by atoms with Gasteiger partial charge in [0.15, 0.2) is 11.6 Å². The van der Waals surface area contributed by atoms with E-state index in [1.165, 1.54) is 56.3 Å². The summed E-state index contributed by atoms with van der Waals surface area (Å²) in [4.78, 5) is 27.0. The van der Waals surface area contributed by atoms with Gasteiger partial charge in [-0.1, -0.05) is 6.92 Å². The summed E-state index contributed by atoms with van der Waals surface area (Å²) in [5, 5.41) is 5.64. The van der Waals surface area contributed by atoms with E-state index in [2.05, 4.69) is 20.3 Å². The van der Waals surface area contributed by atoms with Crippen LogP contribution in [-0.4, -0.2) is 61.7 Å². The Morgan fingerprint density at radius 2 is 2.00 bits per heavy atom. The van der Waals surface area contributed by atoms with E-state index >= 15 is 0 Å². The second kappa shape index (κ2) is 14.3. The SMILES string of the molecule is C1COC2(C1)CCNCC2.CCN(C)SNc1ccc(F)c(C(=O)c2ccc(N=CNC=O)c(C)c2)c1F. The van der Waals surface area contributed by atoms with Crippen LogP contribution in [0.1, 0.15) is 54.1 Å². The molecule has 4 rings (SSSR count). The number of ether oxygens (including phenoxy) is 1. The van der Waals surface area contributed by atoms with Crippen molar-refractivity contribution in [2.24, 2.45) is 4.99 Å². The highest BCUT2D eigenvalue weighted by Gasteiger charge is 2.35. The number of nitrogens with zero attached hydrogens (tertiary/aromatic N) is 2. The number of aryl methyl sites for hydroxylation is 1. The predicted octanol–water partition coefficient (Wildman–Crippen LogP) is 4.76. The number of ketones is 1. The largest absolute Gasteiger partial charge is 0.375 e. The van der Waals surface area contributed by atoms with E-state index < -0.39 is 23.0 Å². The van der Waals surface area contributed by atoms with Gasteiger partial charge in [-0.25, -0.2) is 18.1 Å². The molecule has 2 aromatic rings. The van der Waals surface area contributed by atoms with E-state index in [1.54, 1.807) is 6.92 Å². The smallest absolute Gasteiger partial charge is 0.212 e. The Hall–Kier alpha value is -2.86. The van der Waals surface area contributed by atoms with E-state index in [1.807, 2.05) is 18.3 Å². The highest BCUT2D eigenvalue weighted by Crippen LogP contribution is 2.33. The molecule has 2 aromatic carbocycles. The third-order valence-corrected chi connectivity index (χ3v) is 7.46.